The van der Waals surface area contributed by atoms with Crippen molar-refractivity contribution in [1.29, 1.82) is 0 Å². The third-order valence-electron chi connectivity index (χ3n) is 3.63. The highest BCUT2D eigenvalue weighted by Crippen LogP contribution is 2.26. The molecule has 0 saturated carbocycles. The lowest BCUT2D eigenvalue weighted by molar-refractivity contribution is 0.0996. The minimum absolute atomic E-state index is 0.148. The summed E-state index contributed by atoms with van der Waals surface area (Å²) in [6, 6.07) is 8.31. The SMILES string of the molecule is CC(C)Oc1cccc(C(CCC2CCCO2)NN)c1. The smallest absolute Gasteiger partial charge is 0.120 e. The highest BCUT2D eigenvalue weighted by atomic mass is 16.5. The molecule has 0 spiro atoms. The molecule has 0 aliphatic carbocycles. The van der Waals surface area contributed by atoms with E-state index in [9.17, 15) is 0 Å². The molecular formula is C16H26N2O2. The van der Waals surface area contributed by atoms with E-state index in [1.807, 2.05) is 26.0 Å². The lowest BCUT2D eigenvalue weighted by Gasteiger charge is -2.19. The molecule has 2 atom stereocenters. The number of nitrogens with one attached hydrogen (secondary N) is 1. The number of nitrogens with two attached hydrogens (primary N) is 1. The molecule has 4 nitrogen and oxygen atoms in total. The Bertz CT molecular complexity index is 403. The van der Waals surface area contributed by atoms with Crippen molar-refractivity contribution in [2.24, 2.45) is 5.84 Å². The summed E-state index contributed by atoms with van der Waals surface area (Å²) >= 11 is 0. The molecule has 3 N–H and O–H groups in total. The molecular weight excluding hydrogens is 252 g/mol. The molecule has 20 heavy (non-hydrogen) atoms. The van der Waals surface area contributed by atoms with Gasteiger partial charge in [0.05, 0.1) is 12.2 Å². The molecule has 1 aliphatic heterocycles. The number of ether oxygens (including phenoxy) is 2. The van der Waals surface area contributed by atoms with Gasteiger partial charge in [-0.1, -0.05) is 12.1 Å². The van der Waals surface area contributed by atoms with Crippen molar-refractivity contribution >= 4 is 0 Å². The van der Waals surface area contributed by atoms with Crippen LogP contribution >= 0.6 is 0 Å². The molecule has 0 radical (unpaired) electrons. The van der Waals surface area contributed by atoms with Gasteiger partial charge < -0.3 is 9.47 Å². The third kappa shape index (κ3) is 4.47. The molecule has 112 valence electrons. The third-order valence-corrected chi connectivity index (χ3v) is 3.63. The fourth-order valence-electron chi connectivity index (χ4n) is 2.65. The summed E-state index contributed by atoms with van der Waals surface area (Å²) in [7, 11) is 0. The van der Waals surface area contributed by atoms with Crippen molar-refractivity contribution in [2.75, 3.05) is 6.61 Å². The summed E-state index contributed by atoms with van der Waals surface area (Å²) in [5, 5.41) is 0. The van der Waals surface area contributed by atoms with Gasteiger partial charge in [0.15, 0.2) is 0 Å². The van der Waals surface area contributed by atoms with E-state index in [0.29, 0.717) is 6.10 Å². The first-order chi connectivity index (χ1) is 9.69. The van der Waals surface area contributed by atoms with E-state index in [1.54, 1.807) is 0 Å². The highest BCUT2D eigenvalue weighted by Gasteiger charge is 2.18. The maximum absolute atomic E-state index is 5.73. The summed E-state index contributed by atoms with van der Waals surface area (Å²) < 4.78 is 11.4. The maximum atomic E-state index is 5.73. The fraction of sp³-hybridized carbons (Fsp3) is 0.625. The van der Waals surface area contributed by atoms with Crippen molar-refractivity contribution in [3.63, 3.8) is 0 Å². The van der Waals surface area contributed by atoms with Crippen LogP contribution in [0.5, 0.6) is 5.75 Å². The topological polar surface area (TPSA) is 56.5 Å². The molecule has 4 heteroatoms. The molecule has 1 fully saturated rings. The summed E-state index contributed by atoms with van der Waals surface area (Å²) in [4.78, 5) is 0. The number of hydrazine groups is 1. The molecule has 1 saturated heterocycles. The van der Waals surface area contributed by atoms with Crippen LogP contribution in [0.1, 0.15) is 51.1 Å². The van der Waals surface area contributed by atoms with E-state index in [4.69, 9.17) is 15.3 Å². The van der Waals surface area contributed by atoms with E-state index in [2.05, 4.69) is 17.6 Å². The van der Waals surface area contributed by atoms with Gasteiger partial charge in [0.1, 0.15) is 5.75 Å². The minimum Gasteiger partial charge on any atom is -0.491 e. The van der Waals surface area contributed by atoms with Gasteiger partial charge in [0.25, 0.3) is 0 Å². The second-order valence-corrected chi connectivity index (χ2v) is 5.67. The van der Waals surface area contributed by atoms with Gasteiger partial charge in [0, 0.05) is 12.6 Å². The molecule has 0 aromatic heterocycles. The lowest BCUT2D eigenvalue weighted by atomic mass is 9.99. The minimum atomic E-state index is 0.148. The van der Waals surface area contributed by atoms with Crippen molar-refractivity contribution in [2.45, 2.75) is 57.8 Å². The molecule has 2 rings (SSSR count). The number of benzene rings is 1. The van der Waals surface area contributed by atoms with E-state index >= 15 is 0 Å². The van der Waals surface area contributed by atoms with Gasteiger partial charge >= 0.3 is 0 Å². The predicted molar refractivity (Wildman–Crippen MR) is 80.5 cm³/mol. The Hall–Kier alpha value is -1.10. The standard InChI is InChI=1S/C16H26N2O2/c1-12(2)20-15-6-3-5-13(11-15)16(18-17)9-8-14-7-4-10-19-14/h3,5-6,11-12,14,16,18H,4,7-10,17H2,1-2H3. The Morgan fingerprint density at radius 3 is 2.95 bits per heavy atom. The second-order valence-electron chi connectivity index (χ2n) is 5.67. The second kappa shape index (κ2) is 7.62. The monoisotopic (exact) mass is 278 g/mol. The summed E-state index contributed by atoms with van der Waals surface area (Å²) in [6.45, 7) is 4.97. The zero-order valence-corrected chi connectivity index (χ0v) is 12.5. The number of rotatable bonds is 7. The Labute approximate surface area is 121 Å². The first-order valence-electron chi connectivity index (χ1n) is 7.53. The molecule has 1 heterocycles. The van der Waals surface area contributed by atoms with E-state index < -0.39 is 0 Å². The van der Waals surface area contributed by atoms with Gasteiger partial charge in [-0.25, -0.2) is 0 Å². The Morgan fingerprint density at radius 2 is 2.30 bits per heavy atom. The van der Waals surface area contributed by atoms with Crippen LogP contribution in [-0.2, 0) is 4.74 Å². The van der Waals surface area contributed by atoms with Crippen LogP contribution in [0.15, 0.2) is 24.3 Å². The molecule has 1 aromatic rings. The predicted octanol–water partition coefficient (Wildman–Crippen LogP) is 2.94. The van der Waals surface area contributed by atoms with Crippen molar-refractivity contribution < 1.29 is 9.47 Å². The van der Waals surface area contributed by atoms with Crippen LogP contribution in [0.25, 0.3) is 0 Å². The van der Waals surface area contributed by atoms with Crippen molar-refractivity contribution in [1.82, 2.24) is 5.43 Å². The van der Waals surface area contributed by atoms with Gasteiger partial charge in [-0.15, -0.1) is 0 Å². The van der Waals surface area contributed by atoms with E-state index in [1.165, 1.54) is 18.4 Å². The average Bonchev–Trinajstić information content (AvgIpc) is 2.92. The van der Waals surface area contributed by atoms with Crippen LogP contribution in [0.2, 0.25) is 0 Å². The van der Waals surface area contributed by atoms with Crippen molar-refractivity contribution in [3.05, 3.63) is 29.8 Å². The summed E-state index contributed by atoms with van der Waals surface area (Å²) in [5.41, 5.74) is 4.08. The summed E-state index contributed by atoms with van der Waals surface area (Å²) in [5.74, 6) is 6.61. The molecule has 1 aliphatic rings. The van der Waals surface area contributed by atoms with Crippen molar-refractivity contribution in [3.8, 4) is 5.75 Å². The van der Waals surface area contributed by atoms with Crippen LogP contribution < -0.4 is 16.0 Å². The first-order valence-corrected chi connectivity index (χ1v) is 7.53. The average molecular weight is 278 g/mol. The normalized spacial score (nSPS) is 20.3. The Balaban J connectivity index is 1.95. The Kier molecular flexibility index (Phi) is 5.83. The zero-order chi connectivity index (χ0) is 14.4. The van der Waals surface area contributed by atoms with E-state index in [-0.39, 0.29) is 12.1 Å². The molecule has 0 amide bonds. The molecule has 0 bridgehead atoms. The number of hydrogen-bond donors (Lipinski definition) is 2. The molecule has 2 unspecified atom stereocenters. The van der Waals surface area contributed by atoms with Gasteiger partial charge in [-0.2, -0.15) is 0 Å². The number of hydrogen-bond acceptors (Lipinski definition) is 4. The lowest BCUT2D eigenvalue weighted by Crippen LogP contribution is -2.28. The van der Waals surface area contributed by atoms with E-state index in [0.717, 1.165) is 25.2 Å². The van der Waals surface area contributed by atoms with Gasteiger partial charge in [-0.05, 0) is 57.2 Å². The fourth-order valence-corrected chi connectivity index (χ4v) is 2.65. The first kappa shape index (κ1) is 15.3. The van der Waals surface area contributed by atoms with Crippen LogP contribution in [0, 0.1) is 0 Å². The zero-order valence-electron chi connectivity index (χ0n) is 12.5. The largest absolute Gasteiger partial charge is 0.491 e. The molecule has 1 aromatic carbocycles. The van der Waals surface area contributed by atoms with Crippen LogP contribution in [0.4, 0.5) is 0 Å². The summed E-state index contributed by atoms with van der Waals surface area (Å²) in [6.07, 6.45) is 4.97. The van der Waals surface area contributed by atoms with Gasteiger partial charge in [0.2, 0.25) is 0 Å². The van der Waals surface area contributed by atoms with Crippen LogP contribution in [0.3, 0.4) is 0 Å². The highest BCUT2D eigenvalue weighted by molar-refractivity contribution is 5.30. The quantitative estimate of drug-likeness (QED) is 0.595. The van der Waals surface area contributed by atoms with Crippen LogP contribution in [-0.4, -0.2) is 18.8 Å². The Morgan fingerprint density at radius 1 is 1.45 bits per heavy atom. The van der Waals surface area contributed by atoms with Gasteiger partial charge in [-0.3, -0.25) is 11.3 Å². The maximum Gasteiger partial charge on any atom is 0.120 e.